The van der Waals surface area contributed by atoms with Gasteiger partial charge in [0, 0.05) is 12.4 Å². The highest BCUT2D eigenvalue weighted by atomic mass is 16.5. The summed E-state index contributed by atoms with van der Waals surface area (Å²) in [5.74, 6) is 0.509. The topological polar surface area (TPSA) is 56.2 Å². The van der Waals surface area contributed by atoms with Gasteiger partial charge in [0.25, 0.3) is 5.91 Å². The van der Waals surface area contributed by atoms with Crippen molar-refractivity contribution in [2.24, 2.45) is 7.05 Å². The van der Waals surface area contributed by atoms with Crippen LogP contribution in [0.25, 0.3) is 10.8 Å². The van der Waals surface area contributed by atoms with Gasteiger partial charge < -0.3 is 10.1 Å². The molecular formula is C18H19N3O2. The molecule has 0 aliphatic heterocycles. The van der Waals surface area contributed by atoms with E-state index >= 15 is 0 Å². The molecule has 1 aromatic heterocycles. The first-order chi connectivity index (χ1) is 11.1. The second-order valence-corrected chi connectivity index (χ2v) is 5.48. The molecule has 2 aromatic carbocycles. The maximum Gasteiger partial charge on any atom is 0.262 e. The number of carbonyl (C=O) groups excluding carboxylic acids is 1. The molecule has 0 unspecified atom stereocenters. The van der Waals surface area contributed by atoms with Crippen LogP contribution in [0.1, 0.15) is 11.4 Å². The Morgan fingerprint density at radius 1 is 1.17 bits per heavy atom. The first kappa shape index (κ1) is 15.1. The lowest BCUT2D eigenvalue weighted by atomic mass is 10.1. The average molecular weight is 309 g/mol. The first-order valence-corrected chi connectivity index (χ1v) is 7.47. The molecule has 3 aromatic rings. The fourth-order valence-corrected chi connectivity index (χ4v) is 2.59. The number of hydrogen-bond acceptors (Lipinski definition) is 3. The van der Waals surface area contributed by atoms with E-state index in [1.54, 1.807) is 4.68 Å². The number of carbonyl (C=O) groups is 1. The van der Waals surface area contributed by atoms with Crippen LogP contribution in [0.2, 0.25) is 0 Å². The summed E-state index contributed by atoms with van der Waals surface area (Å²) in [5.41, 5.74) is 2.46. The van der Waals surface area contributed by atoms with E-state index in [0.29, 0.717) is 5.75 Å². The smallest absolute Gasteiger partial charge is 0.262 e. The standard InChI is InChI=1S/C18H19N3O2/c1-12-18(13(2)21(3)20-12)19-17(22)11-23-16-10-6-8-14-7-4-5-9-15(14)16/h4-10H,11H2,1-3H3,(H,19,22). The molecule has 0 aliphatic carbocycles. The highest BCUT2D eigenvalue weighted by Crippen LogP contribution is 2.25. The molecule has 0 bridgehead atoms. The van der Waals surface area contributed by atoms with Gasteiger partial charge in [-0.1, -0.05) is 36.4 Å². The zero-order valence-corrected chi connectivity index (χ0v) is 13.5. The predicted octanol–water partition coefficient (Wildman–Crippen LogP) is 3.21. The van der Waals surface area contributed by atoms with Gasteiger partial charge in [-0.2, -0.15) is 5.10 Å². The molecule has 5 heteroatoms. The second-order valence-electron chi connectivity index (χ2n) is 5.48. The Labute approximate surface area is 134 Å². The Balaban J connectivity index is 1.71. The number of anilines is 1. The van der Waals surface area contributed by atoms with Crippen LogP contribution in [0, 0.1) is 13.8 Å². The summed E-state index contributed by atoms with van der Waals surface area (Å²) >= 11 is 0. The largest absolute Gasteiger partial charge is 0.483 e. The fourth-order valence-electron chi connectivity index (χ4n) is 2.59. The minimum absolute atomic E-state index is 0.0399. The molecule has 0 atom stereocenters. The molecule has 118 valence electrons. The molecule has 0 fully saturated rings. The van der Waals surface area contributed by atoms with Gasteiger partial charge >= 0.3 is 0 Å². The van der Waals surface area contributed by atoms with Gasteiger partial charge in [0.1, 0.15) is 5.75 Å². The zero-order chi connectivity index (χ0) is 16.4. The Morgan fingerprint density at radius 3 is 2.65 bits per heavy atom. The zero-order valence-electron chi connectivity index (χ0n) is 13.5. The van der Waals surface area contributed by atoms with Crippen LogP contribution < -0.4 is 10.1 Å². The fraction of sp³-hybridized carbons (Fsp3) is 0.222. The molecule has 3 rings (SSSR count). The third kappa shape index (κ3) is 3.04. The van der Waals surface area contributed by atoms with Gasteiger partial charge in [0.15, 0.2) is 6.61 Å². The number of hydrogen-bond donors (Lipinski definition) is 1. The molecule has 1 heterocycles. The van der Waals surface area contributed by atoms with E-state index in [1.807, 2.05) is 63.4 Å². The number of amides is 1. The van der Waals surface area contributed by atoms with E-state index in [4.69, 9.17) is 4.74 Å². The Morgan fingerprint density at radius 2 is 1.91 bits per heavy atom. The van der Waals surface area contributed by atoms with E-state index < -0.39 is 0 Å². The normalized spacial score (nSPS) is 10.7. The van der Waals surface area contributed by atoms with Crippen LogP contribution in [0.5, 0.6) is 5.75 Å². The molecule has 0 radical (unpaired) electrons. The van der Waals surface area contributed by atoms with E-state index in [0.717, 1.165) is 27.8 Å². The summed E-state index contributed by atoms with van der Waals surface area (Å²) in [6.45, 7) is 3.75. The number of aromatic nitrogens is 2. The van der Waals surface area contributed by atoms with Gasteiger partial charge in [-0.15, -0.1) is 0 Å². The maximum atomic E-state index is 12.2. The Kier molecular flexibility index (Phi) is 4.02. The van der Waals surface area contributed by atoms with E-state index in [1.165, 1.54) is 0 Å². The van der Waals surface area contributed by atoms with Crippen molar-refractivity contribution in [3.63, 3.8) is 0 Å². The van der Waals surface area contributed by atoms with Gasteiger partial charge in [-0.25, -0.2) is 0 Å². The molecule has 0 spiro atoms. The molecule has 5 nitrogen and oxygen atoms in total. The molecular weight excluding hydrogens is 290 g/mol. The number of fused-ring (bicyclic) bond motifs is 1. The third-order valence-corrected chi connectivity index (χ3v) is 3.88. The van der Waals surface area contributed by atoms with Crippen molar-refractivity contribution in [1.29, 1.82) is 0 Å². The quantitative estimate of drug-likeness (QED) is 0.805. The molecule has 0 aliphatic rings. The number of benzene rings is 2. The Hall–Kier alpha value is -2.82. The third-order valence-electron chi connectivity index (χ3n) is 3.88. The van der Waals surface area contributed by atoms with Crippen molar-refractivity contribution >= 4 is 22.4 Å². The van der Waals surface area contributed by atoms with Gasteiger partial charge in [-0.3, -0.25) is 9.48 Å². The van der Waals surface area contributed by atoms with Crippen molar-refractivity contribution in [3.05, 3.63) is 53.9 Å². The highest BCUT2D eigenvalue weighted by molar-refractivity contribution is 5.93. The lowest BCUT2D eigenvalue weighted by molar-refractivity contribution is -0.118. The summed E-state index contributed by atoms with van der Waals surface area (Å²) < 4.78 is 7.45. The van der Waals surface area contributed by atoms with Crippen molar-refractivity contribution in [1.82, 2.24) is 9.78 Å². The summed E-state index contributed by atoms with van der Waals surface area (Å²) in [4.78, 5) is 12.2. The number of nitrogens with zero attached hydrogens (tertiary/aromatic N) is 2. The van der Waals surface area contributed by atoms with E-state index in [-0.39, 0.29) is 12.5 Å². The molecule has 23 heavy (non-hydrogen) atoms. The lowest BCUT2D eigenvalue weighted by Crippen LogP contribution is -2.21. The van der Waals surface area contributed by atoms with Crippen molar-refractivity contribution in [2.45, 2.75) is 13.8 Å². The molecule has 1 N–H and O–H groups in total. The second kappa shape index (κ2) is 6.12. The lowest BCUT2D eigenvalue weighted by Gasteiger charge is -2.10. The molecule has 0 saturated carbocycles. The van der Waals surface area contributed by atoms with Crippen LogP contribution in [0.15, 0.2) is 42.5 Å². The van der Waals surface area contributed by atoms with Crippen LogP contribution in [-0.4, -0.2) is 22.3 Å². The average Bonchev–Trinajstić information content (AvgIpc) is 2.79. The van der Waals surface area contributed by atoms with Crippen LogP contribution in [-0.2, 0) is 11.8 Å². The van der Waals surface area contributed by atoms with Gasteiger partial charge in [0.05, 0.1) is 17.1 Å². The number of rotatable bonds is 4. The molecule has 1 amide bonds. The van der Waals surface area contributed by atoms with Gasteiger partial charge in [-0.05, 0) is 25.3 Å². The van der Waals surface area contributed by atoms with E-state index in [9.17, 15) is 4.79 Å². The van der Waals surface area contributed by atoms with Gasteiger partial charge in [0.2, 0.25) is 0 Å². The monoisotopic (exact) mass is 309 g/mol. The minimum Gasteiger partial charge on any atom is -0.483 e. The summed E-state index contributed by atoms with van der Waals surface area (Å²) in [5, 5.41) is 9.24. The number of aryl methyl sites for hydroxylation is 2. The van der Waals surface area contributed by atoms with Crippen molar-refractivity contribution < 1.29 is 9.53 Å². The van der Waals surface area contributed by atoms with E-state index in [2.05, 4.69) is 10.4 Å². The number of ether oxygens (including phenoxy) is 1. The summed E-state index contributed by atoms with van der Waals surface area (Å²) in [6.07, 6.45) is 0. The minimum atomic E-state index is -0.197. The molecule has 0 saturated heterocycles. The van der Waals surface area contributed by atoms with Crippen molar-refractivity contribution in [3.8, 4) is 5.75 Å². The Bertz CT molecular complexity index is 863. The number of nitrogens with one attached hydrogen (secondary N) is 1. The highest BCUT2D eigenvalue weighted by Gasteiger charge is 2.13. The summed E-state index contributed by atoms with van der Waals surface area (Å²) in [7, 11) is 1.85. The maximum absolute atomic E-state index is 12.2. The SMILES string of the molecule is Cc1nn(C)c(C)c1NC(=O)COc1cccc2ccccc12. The van der Waals surface area contributed by atoms with Crippen LogP contribution in [0.4, 0.5) is 5.69 Å². The summed E-state index contributed by atoms with van der Waals surface area (Å²) in [6, 6.07) is 13.7. The first-order valence-electron chi connectivity index (χ1n) is 7.47. The van der Waals surface area contributed by atoms with Crippen LogP contribution in [0.3, 0.4) is 0 Å². The van der Waals surface area contributed by atoms with Crippen molar-refractivity contribution in [2.75, 3.05) is 11.9 Å². The predicted molar refractivity (Wildman–Crippen MR) is 90.8 cm³/mol. The van der Waals surface area contributed by atoms with Crippen LogP contribution >= 0.6 is 0 Å².